The highest BCUT2D eigenvalue weighted by molar-refractivity contribution is 4.99. The van der Waals surface area contributed by atoms with Gasteiger partial charge in [-0.25, -0.2) is 8.78 Å². The van der Waals surface area contributed by atoms with E-state index in [9.17, 15) is 8.78 Å². The summed E-state index contributed by atoms with van der Waals surface area (Å²) in [5, 5.41) is 6.31. The van der Waals surface area contributed by atoms with Crippen LogP contribution in [0.15, 0.2) is 4.52 Å². The van der Waals surface area contributed by atoms with Crippen LogP contribution in [0.4, 0.5) is 8.78 Å². The number of halogens is 2. The topological polar surface area (TPSA) is 51.0 Å². The summed E-state index contributed by atoms with van der Waals surface area (Å²) in [4.78, 5) is 4.00. The van der Waals surface area contributed by atoms with E-state index < -0.39 is 12.0 Å². The Bertz CT molecular complexity index is 326. The SMILES string of the molecule is CCc1noc([C@H]2CC(F)(F)CN2)n1. The third kappa shape index (κ3) is 1.75. The predicted octanol–water partition coefficient (Wildman–Crippen LogP) is 1.30. The highest BCUT2D eigenvalue weighted by Gasteiger charge is 2.42. The molecule has 0 saturated carbocycles. The summed E-state index contributed by atoms with van der Waals surface area (Å²) < 4.78 is 30.5. The quantitative estimate of drug-likeness (QED) is 0.787. The first kappa shape index (κ1) is 9.51. The van der Waals surface area contributed by atoms with Crippen molar-refractivity contribution >= 4 is 0 Å². The van der Waals surface area contributed by atoms with E-state index in [1.54, 1.807) is 0 Å². The summed E-state index contributed by atoms with van der Waals surface area (Å²) in [6.45, 7) is 1.56. The molecule has 14 heavy (non-hydrogen) atoms. The van der Waals surface area contributed by atoms with Crippen LogP contribution in [0.25, 0.3) is 0 Å². The van der Waals surface area contributed by atoms with Gasteiger partial charge in [0, 0.05) is 12.8 Å². The summed E-state index contributed by atoms with van der Waals surface area (Å²) in [7, 11) is 0. The number of alkyl halides is 2. The Hall–Kier alpha value is -1.04. The number of aromatic nitrogens is 2. The van der Waals surface area contributed by atoms with Crippen molar-refractivity contribution in [1.29, 1.82) is 0 Å². The second-order valence-corrected chi connectivity index (χ2v) is 3.40. The van der Waals surface area contributed by atoms with E-state index in [2.05, 4.69) is 15.5 Å². The molecule has 0 unspecified atom stereocenters. The Balaban J connectivity index is 2.09. The molecule has 0 aromatic carbocycles. The van der Waals surface area contributed by atoms with Crippen LogP contribution >= 0.6 is 0 Å². The molecule has 78 valence electrons. The summed E-state index contributed by atoms with van der Waals surface area (Å²) in [5.74, 6) is -1.85. The lowest BCUT2D eigenvalue weighted by Gasteiger charge is -2.04. The van der Waals surface area contributed by atoms with Gasteiger partial charge in [0.25, 0.3) is 5.92 Å². The molecule has 0 amide bonds. The molecule has 1 atom stereocenters. The molecule has 1 aromatic rings. The molecule has 1 aliphatic rings. The van der Waals surface area contributed by atoms with Crippen molar-refractivity contribution in [2.24, 2.45) is 0 Å². The maximum absolute atomic E-state index is 12.8. The number of hydrogen-bond acceptors (Lipinski definition) is 4. The van der Waals surface area contributed by atoms with Gasteiger partial charge in [-0.3, -0.25) is 5.32 Å². The van der Waals surface area contributed by atoms with Gasteiger partial charge in [0.1, 0.15) is 0 Å². The Morgan fingerprint density at radius 3 is 2.93 bits per heavy atom. The van der Waals surface area contributed by atoms with Gasteiger partial charge in [-0.05, 0) is 0 Å². The third-order valence-corrected chi connectivity index (χ3v) is 2.21. The normalized spacial score (nSPS) is 25.5. The molecule has 6 heteroatoms. The lowest BCUT2D eigenvalue weighted by atomic mass is 10.2. The maximum Gasteiger partial charge on any atom is 0.262 e. The molecule has 0 spiro atoms. The van der Waals surface area contributed by atoms with E-state index in [1.165, 1.54) is 0 Å². The maximum atomic E-state index is 12.8. The van der Waals surface area contributed by atoms with Crippen LogP contribution in [0.1, 0.15) is 31.1 Å². The van der Waals surface area contributed by atoms with Gasteiger partial charge in [0.2, 0.25) is 5.89 Å². The highest BCUT2D eigenvalue weighted by atomic mass is 19.3. The zero-order chi connectivity index (χ0) is 10.2. The smallest absolute Gasteiger partial charge is 0.262 e. The Morgan fingerprint density at radius 1 is 1.64 bits per heavy atom. The van der Waals surface area contributed by atoms with Crippen LogP contribution in [-0.4, -0.2) is 22.6 Å². The predicted molar refractivity (Wildman–Crippen MR) is 44.0 cm³/mol. The Labute approximate surface area is 79.7 Å². The van der Waals surface area contributed by atoms with E-state index in [0.29, 0.717) is 12.2 Å². The Kier molecular flexibility index (Phi) is 2.22. The standard InChI is InChI=1S/C8H11F2N3O/c1-2-6-12-7(14-13-6)5-3-8(9,10)4-11-5/h5,11H,2-4H2,1H3/t5-/m1/s1. The second kappa shape index (κ2) is 3.27. The van der Waals surface area contributed by atoms with Gasteiger partial charge in [0.15, 0.2) is 5.82 Å². The van der Waals surface area contributed by atoms with E-state index >= 15 is 0 Å². The molecule has 4 nitrogen and oxygen atoms in total. The zero-order valence-corrected chi connectivity index (χ0v) is 7.76. The minimum atomic E-state index is -2.66. The van der Waals surface area contributed by atoms with Crippen molar-refractivity contribution in [3.63, 3.8) is 0 Å². The minimum absolute atomic E-state index is 0.263. The molecular formula is C8H11F2N3O. The third-order valence-electron chi connectivity index (χ3n) is 2.21. The summed E-state index contributed by atoms with van der Waals surface area (Å²) in [6, 6.07) is -0.502. The van der Waals surface area contributed by atoms with Gasteiger partial charge < -0.3 is 4.52 Å². The summed E-state index contributed by atoms with van der Waals surface area (Å²) >= 11 is 0. The monoisotopic (exact) mass is 203 g/mol. The molecule has 2 heterocycles. The number of nitrogens with zero attached hydrogens (tertiary/aromatic N) is 2. The first-order valence-corrected chi connectivity index (χ1v) is 4.54. The zero-order valence-electron chi connectivity index (χ0n) is 7.76. The average molecular weight is 203 g/mol. The van der Waals surface area contributed by atoms with Crippen LogP contribution < -0.4 is 5.32 Å². The summed E-state index contributed by atoms with van der Waals surface area (Å²) in [5.41, 5.74) is 0. The highest BCUT2D eigenvalue weighted by Crippen LogP contribution is 2.32. The van der Waals surface area contributed by atoms with Crippen molar-refractivity contribution in [2.75, 3.05) is 6.54 Å². The van der Waals surface area contributed by atoms with E-state index in [-0.39, 0.29) is 18.9 Å². The van der Waals surface area contributed by atoms with Crippen LogP contribution in [0, 0.1) is 0 Å². The van der Waals surface area contributed by atoms with Gasteiger partial charge in [-0.2, -0.15) is 4.98 Å². The molecule has 1 N–H and O–H groups in total. The molecule has 1 aliphatic heterocycles. The van der Waals surface area contributed by atoms with Crippen molar-refractivity contribution in [2.45, 2.75) is 31.7 Å². The van der Waals surface area contributed by atoms with Gasteiger partial charge in [-0.1, -0.05) is 12.1 Å². The van der Waals surface area contributed by atoms with Gasteiger partial charge in [0.05, 0.1) is 12.6 Å². The summed E-state index contributed by atoms with van der Waals surface area (Å²) in [6.07, 6.45) is 0.380. The first-order chi connectivity index (χ1) is 6.61. The van der Waals surface area contributed by atoms with Crippen molar-refractivity contribution in [3.05, 3.63) is 11.7 Å². The van der Waals surface area contributed by atoms with E-state index in [4.69, 9.17) is 4.52 Å². The molecular weight excluding hydrogens is 192 g/mol. The lowest BCUT2D eigenvalue weighted by molar-refractivity contribution is 0.0200. The van der Waals surface area contributed by atoms with Crippen LogP contribution in [0.3, 0.4) is 0 Å². The fraction of sp³-hybridized carbons (Fsp3) is 0.750. The molecule has 1 aromatic heterocycles. The second-order valence-electron chi connectivity index (χ2n) is 3.40. The van der Waals surface area contributed by atoms with Crippen molar-refractivity contribution in [1.82, 2.24) is 15.5 Å². The first-order valence-electron chi connectivity index (χ1n) is 4.54. The van der Waals surface area contributed by atoms with Crippen LogP contribution in [0.5, 0.6) is 0 Å². The van der Waals surface area contributed by atoms with Crippen molar-refractivity contribution < 1.29 is 13.3 Å². The molecule has 0 aliphatic carbocycles. The van der Waals surface area contributed by atoms with Crippen LogP contribution in [-0.2, 0) is 6.42 Å². The fourth-order valence-electron chi connectivity index (χ4n) is 1.44. The lowest BCUT2D eigenvalue weighted by Crippen LogP contribution is -2.19. The van der Waals surface area contributed by atoms with E-state index in [0.717, 1.165) is 0 Å². The van der Waals surface area contributed by atoms with Crippen LogP contribution in [0.2, 0.25) is 0 Å². The van der Waals surface area contributed by atoms with Crippen molar-refractivity contribution in [3.8, 4) is 0 Å². The van der Waals surface area contributed by atoms with E-state index in [1.807, 2.05) is 6.92 Å². The average Bonchev–Trinajstić information content (AvgIpc) is 2.70. The fourth-order valence-corrected chi connectivity index (χ4v) is 1.44. The number of rotatable bonds is 2. The molecule has 0 bridgehead atoms. The van der Waals surface area contributed by atoms with Gasteiger partial charge >= 0.3 is 0 Å². The minimum Gasteiger partial charge on any atom is -0.338 e. The van der Waals surface area contributed by atoms with Gasteiger partial charge in [-0.15, -0.1) is 0 Å². The molecule has 2 rings (SSSR count). The number of nitrogens with one attached hydrogen (secondary N) is 1. The molecule has 0 radical (unpaired) electrons. The molecule has 1 saturated heterocycles. The largest absolute Gasteiger partial charge is 0.338 e. The number of aryl methyl sites for hydroxylation is 1. The number of hydrogen-bond donors (Lipinski definition) is 1. The molecule has 1 fully saturated rings. The Morgan fingerprint density at radius 2 is 2.43 bits per heavy atom.